The summed E-state index contributed by atoms with van der Waals surface area (Å²) in [4.78, 5) is 2.08. The molecular formula is C17H21F3N6O2S2. The molecule has 0 fully saturated rings. The first-order valence-electron chi connectivity index (χ1n) is 9.18. The predicted octanol–water partition coefficient (Wildman–Crippen LogP) is 5.01. The molecule has 1 N–H and O–H groups in total. The van der Waals surface area contributed by atoms with E-state index in [1.807, 2.05) is 20.8 Å². The maximum absolute atomic E-state index is 13.0. The zero-order valence-corrected chi connectivity index (χ0v) is 18.1. The third-order valence-corrected chi connectivity index (χ3v) is 6.24. The van der Waals surface area contributed by atoms with E-state index in [-0.39, 0.29) is 22.5 Å². The van der Waals surface area contributed by atoms with E-state index in [9.17, 15) is 21.6 Å². The van der Waals surface area contributed by atoms with Gasteiger partial charge in [0, 0.05) is 18.3 Å². The molecule has 0 saturated heterocycles. The van der Waals surface area contributed by atoms with Gasteiger partial charge < -0.3 is 4.90 Å². The Hall–Kier alpha value is -2.28. The number of halogens is 3. The fourth-order valence-electron chi connectivity index (χ4n) is 3.19. The predicted molar refractivity (Wildman–Crippen MR) is 109 cm³/mol. The van der Waals surface area contributed by atoms with Crippen molar-refractivity contribution < 1.29 is 21.6 Å². The molecule has 2 heterocycles. The van der Waals surface area contributed by atoms with E-state index in [1.165, 1.54) is 11.6 Å². The van der Waals surface area contributed by atoms with Crippen molar-refractivity contribution >= 4 is 43.6 Å². The summed E-state index contributed by atoms with van der Waals surface area (Å²) >= 11 is 1.09. The normalized spacial score (nSPS) is 17.6. The van der Waals surface area contributed by atoms with Crippen molar-refractivity contribution in [2.75, 3.05) is 16.2 Å². The molecule has 1 aliphatic heterocycles. The minimum absolute atomic E-state index is 0.0178. The summed E-state index contributed by atoms with van der Waals surface area (Å²) in [6, 6.07) is 3.15. The van der Waals surface area contributed by atoms with Gasteiger partial charge in [0.15, 0.2) is 0 Å². The Morgan fingerprint density at radius 1 is 1.33 bits per heavy atom. The first-order chi connectivity index (χ1) is 14.0. The highest BCUT2D eigenvalue weighted by molar-refractivity contribution is 7.93. The van der Waals surface area contributed by atoms with Gasteiger partial charge in [-0.25, -0.2) is 0 Å². The smallest absolute Gasteiger partial charge is 0.368 e. The van der Waals surface area contributed by atoms with Gasteiger partial charge in [-0.1, -0.05) is 25.2 Å². The largest absolute Gasteiger partial charge is 0.516 e. The standard InChI is InChI=1S/C17H21F3N6O2S2/c1-10(2)8-26-11(3)4-5-12-6-13(22-24-16-23-21-9-29-16)14(7-15(12)26)25-30(27,28)17(18,19)20/h6-7,9-11,25H,4-5,8H2,1-3H3. The lowest BCUT2D eigenvalue weighted by atomic mass is 9.94. The van der Waals surface area contributed by atoms with Crippen molar-refractivity contribution in [3.05, 3.63) is 23.2 Å². The van der Waals surface area contributed by atoms with E-state index in [0.717, 1.165) is 23.3 Å². The highest BCUT2D eigenvalue weighted by atomic mass is 32.2. The molecule has 164 valence electrons. The van der Waals surface area contributed by atoms with Gasteiger partial charge in [0.05, 0.1) is 5.69 Å². The van der Waals surface area contributed by atoms with Crippen LogP contribution in [-0.4, -0.2) is 36.7 Å². The third-order valence-electron chi connectivity index (χ3n) is 4.57. The fourth-order valence-corrected chi connectivity index (χ4v) is 4.13. The summed E-state index contributed by atoms with van der Waals surface area (Å²) in [5.74, 6) is 0.311. The number of sulfonamides is 1. The molecule has 13 heteroatoms. The maximum Gasteiger partial charge on any atom is 0.516 e. The van der Waals surface area contributed by atoms with E-state index in [4.69, 9.17) is 0 Å². The van der Waals surface area contributed by atoms with Crippen LogP contribution in [0.4, 0.5) is 35.4 Å². The second-order valence-electron chi connectivity index (χ2n) is 7.40. The molecule has 0 saturated carbocycles. The highest BCUT2D eigenvalue weighted by Gasteiger charge is 2.46. The molecular weight excluding hydrogens is 441 g/mol. The Morgan fingerprint density at radius 2 is 2.07 bits per heavy atom. The van der Waals surface area contributed by atoms with Crippen LogP contribution in [0.25, 0.3) is 0 Å². The van der Waals surface area contributed by atoms with Crippen LogP contribution in [0.3, 0.4) is 0 Å². The van der Waals surface area contributed by atoms with Crippen LogP contribution in [0.2, 0.25) is 0 Å². The Balaban J connectivity index is 2.09. The van der Waals surface area contributed by atoms with Crippen LogP contribution >= 0.6 is 11.3 Å². The first kappa shape index (κ1) is 22.4. The van der Waals surface area contributed by atoms with Crippen LogP contribution in [0.5, 0.6) is 0 Å². The van der Waals surface area contributed by atoms with E-state index >= 15 is 0 Å². The van der Waals surface area contributed by atoms with Crippen LogP contribution in [0, 0.1) is 5.92 Å². The van der Waals surface area contributed by atoms with E-state index < -0.39 is 15.5 Å². The van der Waals surface area contributed by atoms with Gasteiger partial charge in [-0.05, 0) is 43.4 Å². The molecule has 3 rings (SSSR count). The molecule has 1 aromatic carbocycles. The summed E-state index contributed by atoms with van der Waals surface area (Å²) in [5, 5.41) is 15.3. The zero-order chi connectivity index (χ0) is 22.1. The lowest BCUT2D eigenvalue weighted by Crippen LogP contribution is -2.39. The number of nitrogens with zero attached hydrogens (tertiary/aromatic N) is 5. The topological polar surface area (TPSA) is 99.9 Å². The van der Waals surface area contributed by atoms with E-state index in [2.05, 4.69) is 25.3 Å². The van der Waals surface area contributed by atoms with Crippen LogP contribution < -0.4 is 9.62 Å². The molecule has 0 spiro atoms. The number of rotatable bonds is 6. The van der Waals surface area contributed by atoms with Crippen LogP contribution in [0.15, 0.2) is 27.9 Å². The number of aryl methyl sites for hydroxylation is 1. The van der Waals surface area contributed by atoms with E-state index in [0.29, 0.717) is 24.6 Å². The molecule has 0 amide bonds. The molecule has 2 aromatic rings. The molecule has 1 atom stereocenters. The number of alkyl halides is 3. The molecule has 30 heavy (non-hydrogen) atoms. The average Bonchev–Trinajstić information content (AvgIpc) is 3.15. The van der Waals surface area contributed by atoms with Gasteiger partial charge >= 0.3 is 15.5 Å². The Bertz CT molecular complexity index is 1020. The quantitative estimate of drug-likeness (QED) is 0.608. The van der Waals surface area contributed by atoms with Gasteiger partial charge in [-0.3, -0.25) is 4.72 Å². The van der Waals surface area contributed by atoms with Crippen molar-refractivity contribution in [1.82, 2.24) is 10.2 Å². The van der Waals surface area contributed by atoms with Gasteiger partial charge in [0.2, 0.25) is 0 Å². The minimum atomic E-state index is -5.62. The number of nitrogens with one attached hydrogen (secondary N) is 1. The Morgan fingerprint density at radius 3 is 2.67 bits per heavy atom. The number of fused-ring (bicyclic) bond motifs is 1. The van der Waals surface area contributed by atoms with Crippen LogP contribution in [-0.2, 0) is 16.4 Å². The van der Waals surface area contributed by atoms with Crippen molar-refractivity contribution in [1.29, 1.82) is 0 Å². The number of aromatic nitrogens is 2. The minimum Gasteiger partial charge on any atom is -0.368 e. The van der Waals surface area contributed by atoms with Gasteiger partial charge in [-0.15, -0.1) is 20.4 Å². The number of hydrogen-bond donors (Lipinski definition) is 1. The summed E-state index contributed by atoms with van der Waals surface area (Å²) < 4.78 is 64.1. The third kappa shape index (κ3) is 4.89. The van der Waals surface area contributed by atoms with E-state index in [1.54, 1.807) is 10.8 Å². The average molecular weight is 463 g/mol. The van der Waals surface area contributed by atoms with Crippen molar-refractivity contribution in [2.45, 2.75) is 45.2 Å². The molecule has 0 radical (unpaired) electrons. The number of hydrogen-bond acceptors (Lipinski definition) is 8. The first-order valence-corrected chi connectivity index (χ1v) is 11.5. The SMILES string of the molecule is CC(C)CN1c2cc(NS(=O)(=O)C(F)(F)F)c(N=Nc3nncs3)cc2CCC1C. The van der Waals surface area contributed by atoms with Crippen molar-refractivity contribution in [3.63, 3.8) is 0 Å². The molecule has 0 bridgehead atoms. The second-order valence-corrected chi connectivity index (χ2v) is 9.89. The van der Waals surface area contributed by atoms with Crippen molar-refractivity contribution in [2.24, 2.45) is 16.1 Å². The van der Waals surface area contributed by atoms with Gasteiger partial charge in [-0.2, -0.15) is 21.6 Å². The lowest BCUT2D eigenvalue weighted by Gasteiger charge is -2.38. The molecule has 1 unspecified atom stereocenters. The maximum atomic E-state index is 13.0. The summed E-state index contributed by atoms with van der Waals surface area (Å²) in [6.07, 6.45) is 1.55. The van der Waals surface area contributed by atoms with Gasteiger partial charge in [0.1, 0.15) is 11.2 Å². The summed E-state index contributed by atoms with van der Waals surface area (Å²) in [7, 11) is -5.62. The Kier molecular flexibility index (Phi) is 6.32. The second kappa shape index (κ2) is 8.46. The lowest BCUT2D eigenvalue weighted by molar-refractivity contribution is -0.0429. The van der Waals surface area contributed by atoms with Gasteiger partial charge in [0.25, 0.3) is 5.13 Å². The summed E-state index contributed by atoms with van der Waals surface area (Å²) in [6.45, 7) is 6.80. The monoisotopic (exact) mass is 462 g/mol. The molecule has 1 aliphatic rings. The number of benzene rings is 1. The molecule has 0 aliphatic carbocycles. The molecule has 1 aromatic heterocycles. The Labute approximate surface area is 176 Å². The fraction of sp³-hybridized carbons (Fsp3) is 0.529. The van der Waals surface area contributed by atoms with Crippen LogP contribution in [0.1, 0.15) is 32.8 Å². The summed E-state index contributed by atoms with van der Waals surface area (Å²) in [5.41, 5.74) is -2.77. The molecule has 8 nitrogen and oxygen atoms in total. The van der Waals surface area contributed by atoms with Crippen molar-refractivity contribution in [3.8, 4) is 0 Å². The zero-order valence-electron chi connectivity index (χ0n) is 16.5. The number of azo groups is 1. The number of anilines is 2. The highest BCUT2D eigenvalue weighted by Crippen LogP contribution is 2.41.